The van der Waals surface area contributed by atoms with Crippen LogP contribution in [0.3, 0.4) is 0 Å². The second-order valence-corrected chi connectivity index (χ2v) is 3.01. The number of aromatic nitrogens is 2. The van der Waals surface area contributed by atoms with Crippen LogP contribution in [-0.4, -0.2) is 22.1 Å². The lowest BCUT2D eigenvalue weighted by atomic mass is 10.2. The van der Waals surface area contributed by atoms with Gasteiger partial charge in [-0.25, -0.2) is 9.78 Å². The maximum absolute atomic E-state index is 11.3. The summed E-state index contributed by atoms with van der Waals surface area (Å²) in [7, 11) is 0. The van der Waals surface area contributed by atoms with Gasteiger partial charge in [0.25, 0.3) is 0 Å². The third-order valence-corrected chi connectivity index (χ3v) is 2.18. The van der Waals surface area contributed by atoms with Crippen molar-refractivity contribution >= 4 is 6.03 Å². The Labute approximate surface area is 70.6 Å². The second kappa shape index (κ2) is 2.33. The molecule has 12 heavy (non-hydrogen) atoms. The largest absolute Gasteiger partial charge is 0.337 e. The number of carbonyl (C=O) groups is 1. The van der Waals surface area contributed by atoms with Gasteiger partial charge in [0, 0.05) is 13.0 Å². The Morgan fingerprint density at radius 2 is 2.25 bits per heavy atom. The Morgan fingerprint density at radius 1 is 1.50 bits per heavy atom. The summed E-state index contributed by atoms with van der Waals surface area (Å²) in [5.41, 5.74) is 2.03. The summed E-state index contributed by atoms with van der Waals surface area (Å²) in [5.74, 6) is 0.778. The predicted octanol–water partition coefficient (Wildman–Crippen LogP) is 0.614. The van der Waals surface area contributed by atoms with Gasteiger partial charge in [0.2, 0.25) is 0 Å². The molecule has 1 amide bonds. The molecule has 2 rings (SSSR count). The lowest BCUT2D eigenvalue weighted by molar-refractivity contribution is 0.238. The Kier molecular flexibility index (Phi) is 1.43. The third-order valence-electron chi connectivity index (χ3n) is 2.18. The van der Waals surface area contributed by atoms with Gasteiger partial charge in [-0.05, 0) is 13.8 Å². The molecule has 0 bridgehead atoms. The van der Waals surface area contributed by atoms with Crippen LogP contribution < -0.4 is 5.32 Å². The van der Waals surface area contributed by atoms with Crippen LogP contribution in [0, 0.1) is 13.8 Å². The van der Waals surface area contributed by atoms with Crippen molar-refractivity contribution in [3.63, 3.8) is 0 Å². The van der Waals surface area contributed by atoms with Crippen molar-refractivity contribution in [1.29, 1.82) is 0 Å². The van der Waals surface area contributed by atoms with Gasteiger partial charge in [-0.3, -0.25) is 4.57 Å². The number of amides is 1. The second-order valence-electron chi connectivity index (χ2n) is 3.01. The zero-order valence-electron chi connectivity index (χ0n) is 7.22. The Balaban J connectivity index is 2.62. The highest BCUT2D eigenvalue weighted by Crippen LogP contribution is 2.13. The number of carbonyl (C=O) groups excluding carboxylic acids is 1. The topological polar surface area (TPSA) is 46.9 Å². The van der Waals surface area contributed by atoms with E-state index in [1.165, 1.54) is 0 Å². The van der Waals surface area contributed by atoms with Gasteiger partial charge in [0.1, 0.15) is 5.82 Å². The highest BCUT2D eigenvalue weighted by molar-refractivity contribution is 5.79. The van der Waals surface area contributed by atoms with E-state index in [9.17, 15) is 4.79 Å². The van der Waals surface area contributed by atoms with Crippen molar-refractivity contribution in [1.82, 2.24) is 14.9 Å². The molecule has 4 nitrogen and oxygen atoms in total. The zero-order valence-corrected chi connectivity index (χ0v) is 7.22. The molecule has 0 spiro atoms. The Bertz CT molecular complexity index is 340. The monoisotopic (exact) mass is 165 g/mol. The summed E-state index contributed by atoms with van der Waals surface area (Å²) in [6.45, 7) is 4.52. The molecule has 2 heterocycles. The maximum atomic E-state index is 11.3. The molecule has 0 saturated carbocycles. The molecule has 0 atom stereocenters. The number of nitrogens with one attached hydrogen (secondary N) is 1. The van der Waals surface area contributed by atoms with E-state index in [1.807, 2.05) is 13.8 Å². The summed E-state index contributed by atoms with van der Waals surface area (Å²) in [6.07, 6.45) is 0.887. The molecule has 0 unspecified atom stereocenters. The van der Waals surface area contributed by atoms with Crippen LogP contribution in [0.4, 0.5) is 4.79 Å². The van der Waals surface area contributed by atoms with Crippen LogP contribution in [0.15, 0.2) is 0 Å². The fourth-order valence-corrected chi connectivity index (χ4v) is 1.64. The molecular formula is C8H11N3O. The molecule has 0 aromatic carbocycles. The molecule has 1 aromatic heterocycles. The standard InChI is InChI=1S/C8H11N3O/c1-5-7-3-4-9-8(12)11(7)6(2)10-5/h3-4H2,1-2H3,(H,9,12). The highest BCUT2D eigenvalue weighted by Gasteiger charge is 2.20. The number of hydrogen-bond donors (Lipinski definition) is 1. The minimum atomic E-state index is -0.0469. The van der Waals surface area contributed by atoms with Gasteiger partial charge < -0.3 is 5.32 Å². The zero-order chi connectivity index (χ0) is 8.72. The fraction of sp³-hybridized carbons (Fsp3) is 0.500. The fourth-order valence-electron chi connectivity index (χ4n) is 1.64. The van der Waals surface area contributed by atoms with Crippen LogP contribution in [-0.2, 0) is 6.42 Å². The molecule has 0 aliphatic carbocycles. The van der Waals surface area contributed by atoms with Crippen LogP contribution in [0.1, 0.15) is 17.2 Å². The van der Waals surface area contributed by atoms with Crippen LogP contribution in [0.25, 0.3) is 0 Å². The van der Waals surface area contributed by atoms with E-state index in [0.29, 0.717) is 0 Å². The molecule has 1 N–H and O–H groups in total. The van der Waals surface area contributed by atoms with Crippen molar-refractivity contribution in [3.05, 3.63) is 17.2 Å². The number of fused-ring (bicyclic) bond motifs is 1. The van der Waals surface area contributed by atoms with Crippen LogP contribution in [0.5, 0.6) is 0 Å². The summed E-state index contributed by atoms with van der Waals surface area (Å²) in [5, 5.41) is 2.78. The van der Waals surface area contributed by atoms with Gasteiger partial charge in [0.15, 0.2) is 0 Å². The van der Waals surface area contributed by atoms with Gasteiger partial charge in [-0.2, -0.15) is 0 Å². The average molecular weight is 165 g/mol. The minimum Gasteiger partial charge on any atom is -0.337 e. The van der Waals surface area contributed by atoms with E-state index in [4.69, 9.17) is 0 Å². The SMILES string of the molecule is Cc1nc(C)n2c1CCNC2=O. The first kappa shape index (κ1) is 7.34. The first-order chi connectivity index (χ1) is 5.70. The first-order valence-electron chi connectivity index (χ1n) is 4.03. The number of aryl methyl sites for hydroxylation is 2. The van der Waals surface area contributed by atoms with Crippen LogP contribution >= 0.6 is 0 Å². The summed E-state index contributed by atoms with van der Waals surface area (Å²) in [4.78, 5) is 15.6. The molecule has 0 fully saturated rings. The van der Waals surface area contributed by atoms with Crippen molar-refractivity contribution < 1.29 is 4.79 Å². The number of imidazole rings is 1. The number of rotatable bonds is 0. The quantitative estimate of drug-likeness (QED) is 0.612. The molecule has 0 saturated heterocycles. The highest BCUT2D eigenvalue weighted by atomic mass is 16.2. The van der Waals surface area contributed by atoms with E-state index in [0.717, 1.165) is 30.2 Å². The molecule has 1 aliphatic heterocycles. The Morgan fingerprint density at radius 3 is 2.92 bits per heavy atom. The van der Waals surface area contributed by atoms with Crippen molar-refractivity contribution in [2.24, 2.45) is 0 Å². The summed E-state index contributed by atoms with van der Waals surface area (Å²) < 4.78 is 1.65. The van der Waals surface area contributed by atoms with Crippen molar-refractivity contribution in [2.75, 3.05) is 6.54 Å². The average Bonchev–Trinajstić information content (AvgIpc) is 2.29. The molecule has 0 radical (unpaired) electrons. The maximum Gasteiger partial charge on any atom is 0.327 e. The van der Waals surface area contributed by atoms with E-state index >= 15 is 0 Å². The number of hydrogen-bond acceptors (Lipinski definition) is 2. The lowest BCUT2D eigenvalue weighted by Crippen LogP contribution is -2.37. The summed E-state index contributed by atoms with van der Waals surface area (Å²) in [6, 6.07) is -0.0469. The number of nitrogens with zero attached hydrogens (tertiary/aromatic N) is 2. The van der Waals surface area contributed by atoms with E-state index in [2.05, 4.69) is 10.3 Å². The molecule has 64 valence electrons. The van der Waals surface area contributed by atoms with Gasteiger partial charge in [0.05, 0.1) is 11.4 Å². The van der Waals surface area contributed by atoms with Crippen molar-refractivity contribution in [3.8, 4) is 0 Å². The minimum absolute atomic E-state index is 0.0469. The van der Waals surface area contributed by atoms with Gasteiger partial charge in [-0.15, -0.1) is 0 Å². The normalized spacial score (nSPS) is 15.7. The molecule has 4 heteroatoms. The lowest BCUT2D eigenvalue weighted by Gasteiger charge is -2.15. The first-order valence-corrected chi connectivity index (χ1v) is 4.03. The Hall–Kier alpha value is -1.32. The van der Waals surface area contributed by atoms with Crippen molar-refractivity contribution in [2.45, 2.75) is 20.3 Å². The van der Waals surface area contributed by atoms with E-state index in [1.54, 1.807) is 4.57 Å². The van der Waals surface area contributed by atoms with Gasteiger partial charge >= 0.3 is 6.03 Å². The summed E-state index contributed by atoms with van der Waals surface area (Å²) >= 11 is 0. The molecule has 1 aromatic rings. The van der Waals surface area contributed by atoms with Crippen LogP contribution in [0.2, 0.25) is 0 Å². The van der Waals surface area contributed by atoms with Gasteiger partial charge in [-0.1, -0.05) is 0 Å². The predicted molar refractivity (Wildman–Crippen MR) is 44.2 cm³/mol. The smallest absolute Gasteiger partial charge is 0.327 e. The van der Waals surface area contributed by atoms with E-state index < -0.39 is 0 Å². The molecule has 1 aliphatic rings. The third kappa shape index (κ3) is 0.841. The molecular weight excluding hydrogens is 154 g/mol. The van der Waals surface area contributed by atoms with E-state index in [-0.39, 0.29) is 6.03 Å².